The molecule has 0 fully saturated rings. The van der Waals surface area contributed by atoms with Crippen LogP contribution in [-0.2, 0) is 13.0 Å². The number of aliphatic hydroxyl groups excluding tert-OH is 2. The summed E-state index contributed by atoms with van der Waals surface area (Å²) in [5, 5.41) is 28.2. The van der Waals surface area contributed by atoms with Gasteiger partial charge in [0.25, 0.3) is 0 Å². The Morgan fingerprint density at radius 2 is 2.00 bits per heavy atom. The van der Waals surface area contributed by atoms with Gasteiger partial charge in [-0.25, -0.2) is 4.79 Å². The van der Waals surface area contributed by atoms with Gasteiger partial charge in [0.2, 0.25) is 0 Å². The van der Waals surface area contributed by atoms with Gasteiger partial charge in [0.15, 0.2) is 0 Å². The smallest absolute Gasteiger partial charge is 0.335 e. The first-order valence-corrected chi connectivity index (χ1v) is 6.66. The normalized spacial score (nSPS) is 11.2. The number of aryl methyl sites for hydroxylation is 2. The number of nitrogens with zero attached hydrogens (tertiary/aromatic N) is 1. The summed E-state index contributed by atoms with van der Waals surface area (Å²) in [5.41, 5.74) is 2.93. The molecule has 2 aromatic rings. The van der Waals surface area contributed by atoms with E-state index in [2.05, 4.69) is 0 Å². The van der Waals surface area contributed by atoms with Crippen molar-refractivity contribution in [3.8, 4) is 0 Å². The third kappa shape index (κ3) is 2.69. The van der Waals surface area contributed by atoms with Gasteiger partial charge in [-0.05, 0) is 43.0 Å². The minimum Gasteiger partial charge on any atom is -0.478 e. The van der Waals surface area contributed by atoms with Gasteiger partial charge in [-0.1, -0.05) is 0 Å². The molecule has 2 rings (SSSR count). The van der Waals surface area contributed by atoms with Crippen LogP contribution in [0.3, 0.4) is 0 Å². The molecule has 0 unspecified atom stereocenters. The summed E-state index contributed by atoms with van der Waals surface area (Å²) in [7, 11) is 0. The van der Waals surface area contributed by atoms with E-state index in [1.807, 2.05) is 16.8 Å². The standard InChI is InChI=1S/C15H19NO4/c1-10-7-14-13(8-12(10)15(19)20)11(3-2-5-17)9-16(14)4-6-18/h7-9,17-18H,2-6H2,1H3,(H,19,20). The van der Waals surface area contributed by atoms with E-state index in [4.69, 9.17) is 10.2 Å². The third-order valence-electron chi connectivity index (χ3n) is 3.49. The topological polar surface area (TPSA) is 82.7 Å². The summed E-state index contributed by atoms with van der Waals surface area (Å²) >= 11 is 0. The van der Waals surface area contributed by atoms with E-state index in [-0.39, 0.29) is 13.2 Å². The van der Waals surface area contributed by atoms with Crippen LogP contribution >= 0.6 is 0 Å². The average molecular weight is 277 g/mol. The van der Waals surface area contributed by atoms with Gasteiger partial charge in [-0.2, -0.15) is 0 Å². The van der Waals surface area contributed by atoms with Crippen LogP contribution in [0.4, 0.5) is 0 Å². The van der Waals surface area contributed by atoms with Gasteiger partial charge in [0.05, 0.1) is 12.2 Å². The van der Waals surface area contributed by atoms with Gasteiger partial charge in [0.1, 0.15) is 0 Å². The summed E-state index contributed by atoms with van der Waals surface area (Å²) in [4.78, 5) is 11.2. The van der Waals surface area contributed by atoms with Crippen LogP contribution < -0.4 is 0 Å². The molecule has 0 bridgehead atoms. The highest BCUT2D eigenvalue weighted by Gasteiger charge is 2.14. The fourth-order valence-corrected chi connectivity index (χ4v) is 2.51. The van der Waals surface area contributed by atoms with Gasteiger partial charge >= 0.3 is 5.97 Å². The second-order valence-electron chi connectivity index (χ2n) is 4.89. The molecule has 0 aliphatic heterocycles. The first-order valence-electron chi connectivity index (χ1n) is 6.66. The zero-order valence-electron chi connectivity index (χ0n) is 11.5. The van der Waals surface area contributed by atoms with Crippen molar-refractivity contribution >= 4 is 16.9 Å². The molecule has 3 N–H and O–H groups in total. The molecule has 0 saturated heterocycles. The lowest BCUT2D eigenvalue weighted by Gasteiger charge is -2.05. The number of benzene rings is 1. The Balaban J connectivity index is 2.60. The molecule has 0 atom stereocenters. The monoisotopic (exact) mass is 277 g/mol. The van der Waals surface area contributed by atoms with Crippen molar-refractivity contribution in [3.63, 3.8) is 0 Å². The Bertz CT molecular complexity index is 630. The maximum Gasteiger partial charge on any atom is 0.335 e. The summed E-state index contributed by atoms with van der Waals surface area (Å²) in [6.45, 7) is 2.38. The number of fused-ring (bicyclic) bond motifs is 1. The SMILES string of the molecule is Cc1cc2c(cc1C(=O)O)c(CCCO)cn2CCO. The number of carboxylic acids is 1. The summed E-state index contributed by atoms with van der Waals surface area (Å²) < 4.78 is 1.93. The largest absolute Gasteiger partial charge is 0.478 e. The Morgan fingerprint density at radius 3 is 2.60 bits per heavy atom. The van der Waals surface area contributed by atoms with E-state index in [0.717, 1.165) is 16.5 Å². The molecule has 0 amide bonds. The Labute approximate surface area is 117 Å². The van der Waals surface area contributed by atoms with E-state index in [1.165, 1.54) is 0 Å². The maximum absolute atomic E-state index is 11.2. The van der Waals surface area contributed by atoms with Crippen molar-refractivity contribution in [1.82, 2.24) is 4.57 Å². The van der Waals surface area contributed by atoms with Crippen LogP contribution in [0.5, 0.6) is 0 Å². The van der Waals surface area contributed by atoms with Crippen LogP contribution in [0.1, 0.15) is 27.9 Å². The fraction of sp³-hybridized carbons (Fsp3) is 0.400. The van der Waals surface area contributed by atoms with Crippen molar-refractivity contribution in [2.24, 2.45) is 0 Å². The van der Waals surface area contributed by atoms with Crippen LogP contribution in [0.2, 0.25) is 0 Å². The summed E-state index contributed by atoms with van der Waals surface area (Å²) in [6, 6.07) is 3.53. The first kappa shape index (κ1) is 14.6. The van der Waals surface area contributed by atoms with E-state index in [0.29, 0.717) is 30.5 Å². The molecule has 1 heterocycles. The van der Waals surface area contributed by atoms with Crippen molar-refractivity contribution < 1.29 is 20.1 Å². The van der Waals surface area contributed by atoms with Crippen molar-refractivity contribution in [1.29, 1.82) is 0 Å². The predicted octanol–water partition coefficient (Wildman–Crippen LogP) is 1.57. The van der Waals surface area contributed by atoms with Gasteiger partial charge < -0.3 is 19.9 Å². The molecule has 0 radical (unpaired) electrons. The number of hydrogen-bond donors (Lipinski definition) is 3. The van der Waals surface area contributed by atoms with Gasteiger partial charge in [0, 0.05) is 30.3 Å². The summed E-state index contributed by atoms with van der Waals surface area (Å²) in [6.07, 6.45) is 3.25. The van der Waals surface area contributed by atoms with Gasteiger partial charge in [-0.3, -0.25) is 0 Å². The Kier molecular flexibility index (Phi) is 4.42. The molecule has 20 heavy (non-hydrogen) atoms. The lowest BCUT2D eigenvalue weighted by molar-refractivity contribution is 0.0696. The number of carbonyl (C=O) groups is 1. The van der Waals surface area contributed by atoms with E-state index >= 15 is 0 Å². The average Bonchev–Trinajstić information content (AvgIpc) is 2.73. The number of aromatic nitrogens is 1. The molecule has 0 spiro atoms. The highest BCUT2D eigenvalue weighted by molar-refractivity contribution is 5.96. The minimum atomic E-state index is -0.938. The molecule has 0 aliphatic rings. The molecular weight excluding hydrogens is 258 g/mol. The molecule has 5 nitrogen and oxygen atoms in total. The van der Waals surface area contributed by atoms with Crippen molar-refractivity contribution in [2.45, 2.75) is 26.3 Å². The molecular formula is C15H19NO4. The second-order valence-corrected chi connectivity index (χ2v) is 4.89. The second kappa shape index (κ2) is 6.07. The molecule has 0 saturated carbocycles. The predicted molar refractivity (Wildman–Crippen MR) is 76.1 cm³/mol. The van der Waals surface area contributed by atoms with Crippen LogP contribution in [0.25, 0.3) is 10.9 Å². The number of aliphatic hydroxyl groups is 2. The number of carboxylic acid groups (broad SMARTS) is 1. The lowest BCUT2D eigenvalue weighted by Crippen LogP contribution is -2.02. The number of rotatable bonds is 6. The first-order chi connectivity index (χ1) is 9.58. The zero-order valence-corrected chi connectivity index (χ0v) is 11.5. The third-order valence-corrected chi connectivity index (χ3v) is 3.49. The fourth-order valence-electron chi connectivity index (χ4n) is 2.51. The van der Waals surface area contributed by atoms with E-state index < -0.39 is 5.97 Å². The lowest BCUT2D eigenvalue weighted by atomic mass is 10.0. The molecule has 108 valence electrons. The Hall–Kier alpha value is -1.85. The molecule has 1 aromatic carbocycles. The highest BCUT2D eigenvalue weighted by atomic mass is 16.4. The summed E-state index contributed by atoms with van der Waals surface area (Å²) in [5.74, 6) is -0.938. The quantitative estimate of drug-likeness (QED) is 0.748. The highest BCUT2D eigenvalue weighted by Crippen LogP contribution is 2.26. The molecule has 5 heteroatoms. The Morgan fingerprint density at radius 1 is 1.25 bits per heavy atom. The van der Waals surface area contributed by atoms with E-state index in [9.17, 15) is 9.90 Å². The van der Waals surface area contributed by atoms with Crippen LogP contribution in [0, 0.1) is 6.92 Å². The van der Waals surface area contributed by atoms with Crippen molar-refractivity contribution in [2.75, 3.05) is 13.2 Å². The zero-order chi connectivity index (χ0) is 14.7. The maximum atomic E-state index is 11.2. The van der Waals surface area contributed by atoms with Gasteiger partial charge in [-0.15, -0.1) is 0 Å². The number of hydrogen-bond acceptors (Lipinski definition) is 3. The van der Waals surface area contributed by atoms with Crippen LogP contribution in [-0.4, -0.2) is 39.1 Å². The number of aromatic carboxylic acids is 1. The minimum absolute atomic E-state index is 0.0307. The molecule has 1 aromatic heterocycles. The van der Waals surface area contributed by atoms with Crippen LogP contribution in [0.15, 0.2) is 18.3 Å². The van der Waals surface area contributed by atoms with E-state index in [1.54, 1.807) is 13.0 Å². The molecule has 0 aliphatic carbocycles. The van der Waals surface area contributed by atoms with Crippen molar-refractivity contribution in [3.05, 3.63) is 35.0 Å².